The summed E-state index contributed by atoms with van der Waals surface area (Å²) in [5.41, 5.74) is 1.00. The second-order valence-corrected chi connectivity index (χ2v) is 7.36. The molecule has 0 radical (unpaired) electrons. The lowest BCUT2D eigenvalue weighted by Gasteiger charge is -2.17. The average Bonchev–Trinajstić information content (AvgIpc) is 2.28. The van der Waals surface area contributed by atoms with Crippen LogP contribution in [0.4, 0.5) is 0 Å². The highest BCUT2D eigenvalue weighted by Crippen LogP contribution is 2.28. The predicted octanol–water partition coefficient (Wildman–Crippen LogP) is 2.70. The van der Waals surface area contributed by atoms with Crippen LogP contribution in [0.25, 0.3) is 0 Å². The van der Waals surface area contributed by atoms with E-state index in [9.17, 15) is 0 Å². The van der Waals surface area contributed by atoms with E-state index in [-0.39, 0.29) is 8.96 Å². The molecule has 0 aliphatic rings. The first kappa shape index (κ1) is 10.9. The summed E-state index contributed by atoms with van der Waals surface area (Å²) in [5, 5.41) is 8.71. The molecule has 1 aromatic rings. The van der Waals surface area contributed by atoms with Crippen LogP contribution in [0, 0.1) is 0 Å². The first-order valence-electron chi connectivity index (χ1n) is 4.33. The maximum Gasteiger partial charge on any atom is 0.0980 e. The summed E-state index contributed by atoms with van der Waals surface area (Å²) >= 11 is 2.37. The second kappa shape index (κ2) is 3.22. The van der Waals surface area contributed by atoms with Crippen LogP contribution >= 0.6 is 22.6 Å². The highest BCUT2D eigenvalue weighted by Gasteiger charge is 2.23. The van der Waals surface area contributed by atoms with E-state index in [1.807, 2.05) is 6.20 Å². The van der Waals surface area contributed by atoms with E-state index in [2.05, 4.69) is 67.4 Å². The van der Waals surface area contributed by atoms with E-state index in [1.54, 1.807) is 4.80 Å². The van der Waals surface area contributed by atoms with Gasteiger partial charge in [0.25, 0.3) is 0 Å². The van der Waals surface area contributed by atoms with Crippen molar-refractivity contribution in [1.82, 2.24) is 15.0 Å². The zero-order chi connectivity index (χ0) is 10.3. The third-order valence-corrected chi connectivity index (χ3v) is 2.25. The van der Waals surface area contributed by atoms with E-state index in [0.717, 1.165) is 5.69 Å². The average molecular weight is 293 g/mol. The van der Waals surface area contributed by atoms with Crippen molar-refractivity contribution in [3.8, 4) is 0 Å². The Kier molecular flexibility index (Phi) is 2.71. The highest BCUT2D eigenvalue weighted by molar-refractivity contribution is 14.1. The van der Waals surface area contributed by atoms with E-state index in [4.69, 9.17) is 0 Å². The molecule has 0 unspecified atom stereocenters. The Balaban J connectivity index is 3.01. The largest absolute Gasteiger partial charge is 0.179 e. The van der Waals surface area contributed by atoms with E-state index < -0.39 is 0 Å². The predicted molar refractivity (Wildman–Crippen MR) is 62.1 cm³/mol. The molecule has 1 heterocycles. The minimum atomic E-state index is -0.0276. The lowest BCUT2D eigenvalue weighted by molar-refractivity contribution is 0.310. The van der Waals surface area contributed by atoms with Crippen LogP contribution in [0.15, 0.2) is 6.20 Å². The highest BCUT2D eigenvalue weighted by atomic mass is 127. The van der Waals surface area contributed by atoms with Crippen LogP contribution in [0.5, 0.6) is 0 Å². The summed E-state index contributed by atoms with van der Waals surface area (Å²) in [6, 6.07) is 0. The maximum absolute atomic E-state index is 4.45. The molecule has 0 aromatic carbocycles. The molecule has 1 aromatic heterocycles. The van der Waals surface area contributed by atoms with Crippen molar-refractivity contribution in [2.45, 2.75) is 43.6 Å². The quantitative estimate of drug-likeness (QED) is 0.589. The van der Waals surface area contributed by atoms with Crippen molar-refractivity contribution in [3.05, 3.63) is 11.9 Å². The molecule has 0 atom stereocenters. The third-order valence-electron chi connectivity index (χ3n) is 1.70. The van der Waals surface area contributed by atoms with Crippen LogP contribution in [-0.2, 0) is 8.96 Å². The number of nitrogens with zero attached hydrogens (tertiary/aromatic N) is 3. The number of rotatable bonds is 1. The van der Waals surface area contributed by atoms with Gasteiger partial charge in [-0.1, -0.05) is 22.6 Å². The van der Waals surface area contributed by atoms with Crippen molar-refractivity contribution < 1.29 is 0 Å². The van der Waals surface area contributed by atoms with Gasteiger partial charge >= 0.3 is 0 Å². The fourth-order valence-corrected chi connectivity index (χ4v) is 1.11. The molecule has 3 nitrogen and oxygen atoms in total. The fraction of sp³-hybridized carbons (Fsp3) is 0.778. The Hall–Kier alpha value is -0.130. The second-order valence-electron chi connectivity index (χ2n) is 4.66. The molecule has 0 amide bonds. The fourth-order valence-electron chi connectivity index (χ4n) is 0.859. The Bertz CT molecular complexity index is 262. The van der Waals surface area contributed by atoms with Gasteiger partial charge in [0, 0.05) is 0 Å². The van der Waals surface area contributed by atoms with E-state index in [0.29, 0.717) is 0 Å². The molecule has 0 N–H and O–H groups in total. The summed E-state index contributed by atoms with van der Waals surface area (Å²) in [5.74, 6) is 0. The van der Waals surface area contributed by atoms with Gasteiger partial charge < -0.3 is 0 Å². The van der Waals surface area contributed by atoms with Crippen LogP contribution in [0.2, 0.25) is 0 Å². The minimum absolute atomic E-state index is 0.0276. The maximum atomic E-state index is 4.45. The van der Waals surface area contributed by atoms with Gasteiger partial charge in [-0.2, -0.15) is 15.0 Å². The van der Waals surface area contributed by atoms with Gasteiger partial charge in [0.1, 0.15) is 0 Å². The topological polar surface area (TPSA) is 30.7 Å². The van der Waals surface area contributed by atoms with Crippen LogP contribution in [0.3, 0.4) is 0 Å². The van der Waals surface area contributed by atoms with Crippen LogP contribution in [0.1, 0.15) is 40.3 Å². The van der Waals surface area contributed by atoms with E-state index in [1.165, 1.54) is 0 Å². The Morgan fingerprint density at radius 3 is 2.00 bits per heavy atom. The van der Waals surface area contributed by atoms with Crippen molar-refractivity contribution in [3.63, 3.8) is 0 Å². The van der Waals surface area contributed by atoms with Crippen LogP contribution in [-0.4, -0.2) is 15.0 Å². The molecule has 0 fully saturated rings. The first-order chi connectivity index (χ1) is 5.71. The van der Waals surface area contributed by atoms with Gasteiger partial charge in [0.2, 0.25) is 0 Å². The summed E-state index contributed by atoms with van der Waals surface area (Å²) in [6.07, 6.45) is 1.84. The molecule has 74 valence electrons. The van der Waals surface area contributed by atoms with Crippen LogP contribution < -0.4 is 0 Å². The van der Waals surface area contributed by atoms with Crippen molar-refractivity contribution in [2.75, 3.05) is 0 Å². The van der Waals surface area contributed by atoms with E-state index >= 15 is 0 Å². The molecular weight excluding hydrogens is 277 g/mol. The standard InChI is InChI=1S/C9H16IN3/c1-8(2,3)13-11-6-7(12-13)9(4,5)10/h6H,1-5H3. The van der Waals surface area contributed by atoms with Crippen molar-refractivity contribution in [1.29, 1.82) is 0 Å². The number of hydrogen-bond donors (Lipinski definition) is 0. The molecule has 4 heteroatoms. The lowest BCUT2D eigenvalue weighted by atomic mass is 10.1. The van der Waals surface area contributed by atoms with Gasteiger partial charge in [-0.15, -0.1) is 0 Å². The third kappa shape index (κ3) is 2.65. The van der Waals surface area contributed by atoms with Gasteiger partial charge in [-0.25, -0.2) is 0 Å². The van der Waals surface area contributed by atoms with Crippen molar-refractivity contribution >= 4 is 22.6 Å². The van der Waals surface area contributed by atoms with Gasteiger partial charge in [-0.3, -0.25) is 0 Å². The molecule has 0 saturated heterocycles. The van der Waals surface area contributed by atoms with Gasteiger partial charge in [-0.05, 0) is 34.6 Å². The molecule has 13 heavy (non-hydrogen) atoms. The number of aromatic nitrogens is 3. The first-order valence-corrected chi connectivity index (χ1v) is 5.41. The molecular formula is C9H16IN3. The summed E-state index contributed by atoms with van der Waals surface area (Å²) in [7, 11) is 0. The molecule has 0 aliphatic heterocycles. The van der Waals surface area contributed by atoms with Crippen molar-refractivity contribution in [2.24, 2.45) is 0 Å². The monoisotopic (exact) mass is 293 g/mol. The zero-order valence-corrected chi connectivity index (χ0v) is 11.0. The smallest absolute Gasteiger partial charge is 0.0980 e. The normalized spacial score (nSPS) is 13.4. The zero-order valence-electron chi connectivity index (χ0n) is 8.80. The Labute approximate surface area is 93.0 Å². The van der Waals surface area contributed by atoms with Gasteiger partial charge in [0.15, 0.2) is 0 Å². The lowest BCUT2D eigenvalue weighted by Crippen LogP contribution is -2.25. The molecule has 1 rings (SSSR count). The molecule has 0 aliphatic carbocycles. The molecule has 0 spiro atoms. The number of halogens is 1. The Morgan fingerprint density at radius 2 is 1.77 bits per heavy atom. The molecule has 0 saturated carbocycles. The van der Waals surface area contributed by atoms with Gasteiger partial charge in [0.05, 0.1) is 20.9 Å². The summed E-state index contributed by atoms with van der Waals surface area (Å²) in [4.78, 5) is 1.77. The molecule has 0 bridgehead atoms. The summed E-state index contributed by atoms with van der Waals surface area (Å²) < 4.78 is 0.0568. The SMILES string of the molecule is CC(C)(I)c1cnn(C(C)(C)C)n1. The Morgan fingerprint density at radius 1 is 1.23 bits per heavy atom. The number of hydrogen-bond acceptors (Lipinski definition) is 2. The summed E-state index contributed by atoms with van der Waals surface area (Å²) in [6.45, 7) is 10.5. The number of alkyl halides is 1. The minimum Gasteiger partial charge on any atom is -0.179 e.